The molecule has 1 rings (SSSR count). The number of hydrogen-bond donors (Lipinski definition) is 1. The molecule has 0 saturated heterocycles. The van der Waals surface area contributed by atoms with Gasteiger partial charge in [-0.25, -0.2) is 0 Å². The monoisotopic (exact) mass is 391 g/mol. The fraction of sp³-hybridized carbons (Fsp3) is 0.636. The predicted octanol–water partition coefficient (Wildman–Crippen LogP) is 3.76. The van der Waals surface area contributed by atoms with E-state index in [1.807, 2.05) is 62.9 Å². The van der Waals surface area contributed by atoms with E-state index >= 15 is 0 Å². The van der Waals surface area contributed by atoms with Gasteiger partial charge in [0.15, 0.2) is 0 Å². The van der Waals surface area contributed by atoms with Crippen molar-refractivity contribution in [1.82, 2.24) is 4.90 Å². The van der Waals surface area contributed by atoms with E-state index in [0.29, 0.717) is 25.4 Å². The maximum Gasteiger partial charge on any atom is 0.248 e. The van der Waals surface area contributed by atoms with E-state index in [0.717, 1.165) is 16.9 Å². The number of ether oxygens (including phenoxy) is 1. The van der Waals surface area contributed by atoms with Crippen molar-refractivity contribution in [2.75, 3.05) is 44.6 Å². The largest absolute Gasteiger partial charge is 0.377 e. The summed E-state index contributed by atoms with van der Waals surface area (Å²) in [4.78, 5) is 28.7. The number of rotatable bonds is 9. The average molecular weight is 392 g/mol. The van der Waals surface area contributed by atoms with Gasteiger partial charge in [-0.1, -0.05) is 34.6 Å². The SMILES string of the molecule is COCC(=O)N(Cc1cc(NC(=O)CC(C)(C)C)ccc1N(C)C)CC(C)C. The summed E-state index contributed by atoms with van der Waals surface area (Å²) in [6, 6.07) is 5.85. The Hall–Kier alpha value is -2.08. The molecule has 1 aromatic rings. The van der Waals surface area contributed by atoms with Crippen LogP contribution in [-0.4, -0.2) is 51.1 Å². The van der Waals surface area contributed by atoms with E-state index in [1.54, 1.807) is 0 Å². The molecule has 0 radical (unpaired) electrons. The molecule has 2 amide bonds. The van der Waals surface area contributed by atoms with Gasteiger partial charge in [0.05, 0.1) is 0 Å². The molecule has 28 heavy (non-hydrogen) atoms. The van der Waals surface area contributed by atoms with Crippen molar-refractivity contribution < 1.29 is 14.3 Å². The lowest BCUT2D eigenvalue weighted by molar-refractivity contribution is -0.136. The molecule has 6 heteroatoms. The summed E-state index contributed by atoms with van der Waals surface area (Å²) >= 11 is 0. The van der Waals surface area contributed by atoms with Crippen molar-refractivity contribution in [1.29, 1.82) is 0 Å². The van der Waals surface area contributed by atoms with Crippen molar-refractivity contribution in [2.45, 2.75) is 47.6 Å². The first-order valence-corrected chi connectivity index (χ1v) is 9.79. The number of hydrogen-bond acceptors (Lipinski definition) is 4. The number of amides is 2. The third kappa shape index (κ3) is 8.30. The van der Waals surface area contributed by atoms with Gasteiger partial charge in [-0.05, 0) is 35.1 Å². The first-order chi connectivity index (χ1) is 12.9. The molecule has 0 fully saturated rings. The molecule has 0 atom stereocenters. The van der Waals surface area contributed by atoms with E-state index in [2.05, 4.69) is 19.2 Å². The molecule has 0 heterocycles. The van der Waals surface area contributed by atoms with Gasteiger partial charge in [0, 0.05) is 52.1 Å². The van der Waals surface area contributed by atoms with Gasteiger partial charge in [-0.15, -0.1) is 0 Å². The van der Waals surface area contributed by atoms with Gasteiger partial charge < -0.3 is 19.9 Å². The second kappa shape index (κ2) is 10.5. The molecule has 0 unspecified atom stereocenters. The molecule has 158 valence electrons. The molecule has 0 aliphatic carbocycles. The smallest absolute Gasteiger partial charge is 0.248 e. The van der Waals surface area contributed by atoms with Crippen LogP contribution in [0.15, 0.2) is 18.2 Å². The second-order valence-electron chi connectivity index (χ2n) is 9.12. The van der Waals surface area contributed by atoms with Crippen molar-refractivity contribution in [2.24, 2.45) is 11.3 Å². The minimum atomic E-state index is -0.0723. The fourth-order valence-corrected chi connectivity index (χ4v) is 3.03. The van der Waals surface area contributed by atoms with E-state index in [9.17, 15) is 9.59 Å². The van der Waals surface area contributed by atoms with Gasteiger partial charge in [0.1, 0.15) is 6.61 Å². The van der Waals surface area contributed by atoms with Crippen LogP contribution in [0.2, 0.25) is 0 Å². The molecule has 0 aromatic heterocycles. The molecule has 1 N–H and O–H groups in total. The first kappa shape index (κ1) is 24.0. The summed E-state index contributed by atoms with van der Waals surface area (Å²) < 4.78 is 5.05. The van der Waals surface area contributed by atoms with Crippen LogP contribution < -0.4 is 10.2 Å². The first-order valence-electron chi connectivity index (χ1n) is 9.79. The Bertz CT molecular complexity index is 663. The lowest BCUT2D eigenvalue weighted by Crippen LogP contribution is -2.36. The number of nitrogens with one attached hydrogen (secondary N) is 1. The zero-order valence-corrected chi connectivity index (χ0v) is 18.8. The number of methoxy groups -OCH3 is 1. The molecule has 6 nitrogen and oxygen atoms in total. The summed E-state index contributed by atoms with van der Waals surface area (Å²) in [7, 11) is 5.48. The Balaban J connectivity index is 3.11. The maximum atomic E-state index is 12.5. The topological polar surface area (TPSA) is 61.9 Å². The highest BCUT2D eigenvalue weighted by Crippen LogP contribution is 2.26. The van der Waals surface area contributed by atoms with Crippen LogP contribution in [0.1, 0.15) is 46.6 Å². The molecule has 0 bridgehead atoms. The minimum Gasteiger partial charge on any atom is -0.377 e. The van der Waals surface area contributed by atoms with E-state index < -0.39 is 0 Å². The third-order valence-electron chi connectivity index (χ3n) is 4.10. The van der Waals surface area contributed by atoms with Gasteiger partial charge in [-0.2, -0.15) is 0 Å². The quantitative estimate of drug-likeness (QED) is 0.696. The second-order valence-corrected chi connectivity index (χ2v) is 9.12. The van der Waals surface area contributed by atoms with Crippen molar-refractivity contribution >= 4 is 23.2 Å². The summed E-state index contributed by atoms with van der Waals surface area (Å²) in [5.41, 5.74) is 2.69. The molecular weight excluding hydrogens is 354 g/mol. The van der Waals surface area contributed by atoms with Gasteiger partial charge in [-0.3, -0.25) is 9.59 Å². The van der Waals surface area contributed by atoms with E-state index in [4.69, 9.17) is 4.74 Å². The summed E-state index contributed by atoms with van der Waals surface area (Å²) in [6.07, 6.45) is 0.448. The van der Waals surface area contributed by atoms with E-state index in [-0.39, 0.29) is 23.8 Å². The van der Waals surface area contributed by atoms with Gasteiger partial charge >= 0.3 is 0 Å². The summed E-state index contributed by atoms with van der Waals surface area (Å²) in [5.74, 6) is 0.298. The van der Waals surface area contributed by atoms with Gasteiger partial charge in [0.25, 0.3) is 0 Å². The number of anilines is 2. The maximum absolute atomic E-state index is 12.5. The highest BCUT2D eigenvalue weighted by atomic mass is 16.5. The van der Waals surface area contributed by atoms with Crippen LogP contribution in [0.3, 0.4) is 0 Å². The normalized spacial score (nSPS) is 11.5. The fourth-order valence-electron chi connectivity index (χ4n) is 3.03. The number of carbonyl (C=O) groups excluding carboxylic acids is 2. The van der Waals surface area contributed by atoms with Crippen molar-refractivity contribution in [3.05, 3.63) is 23.8 Å². The van der Waals surface area contributed by atoms with Crippen molar-refractivity contribution in [3.63, 3.8) is 0 Å². The van der Waals surface area contributed by atoms with Crippen LogP contribution in [-0.2, 0) is 20.9 Å². The molecular formula is C22H37N3O3. The van der Waals surface area contributed by atoms with Gasteiger partial charge in [0.2, 0.25) is 11.8 Å². The highest BCUT2D eigenvalue weighted by molar-refractivity contribution is 5.91. The Kier molecular flexibility index (Phi) is 8.95. The molecule has 0 spiro atoms. The lowest BCUT2D eigenvalue weighted by Gasteiger charge is -2.27. The zero-order chi connectivity index (χ0) is 21.5. The lowest BCUT2D eigenvalue weighted by atomic mass is 9.92. The molecule has 0 aliphatic rings. The van der Waals surface area contributed by atoms with Crippen molar-refractivity contribution in [3.8, 4) is 0 Å². The standard InChI is InChI=1S/C22H37N3O3/c1-16(2)13-25(21(27)15-28-8)14-17-11-18(9-10-19(17)24(6)7)23-20(26)12-22(3,4)5/h9-11,16H,12-15H2,1-8H3,(H,23,26). The molecule has 0 aliphatic heterocycles. The molecule has 1 aromatic carbocycles. The van der Waals surface area contributed by atoms with Crippen LogP contribution in [0.4, 0.5) is 11.4 Å². The van der Waals surface area contributed by atoms with Crippen LogP contribution in [0.5, 0.6) is 0 Å². The number of nitrogens with zero attached hydrogens (tertiary/aromatic N) is 2. The molecule has 0 saturated carbocycles. The average Bonchev–Trinajstić information content (AvgIpc) is 2.52. The number of carbonyl (C=O) groups is 2. The Morgan fingerprint density at radius 3 is 2.32 bits per heavy atom. The Labute approximate surface area is 170 Å². The van der Waals surface area contributed by atoms with Crippen LogP contribution in [0.25, 0.3) is 0 Å². The van der Waals surface area contributed by atoms with Crippen LogP contribution in [0, 0.1) is 11.3 Å². The number of benzene rings is 1. The minimum absolute atomic E-state index is 0.00875. The summed E-state index contributed by atoms with van der Waals surface area (Å²) in [6.45, 7) is 11.5. The Morgan fingerprint density at radius 2 is 1.82 bits per heavy atom. The highest BCUT2D eigenvalue weighted by Gasteiger charge is 2.19. The zero-order valence-electron chi connectivity index (χ0n) is 18.8. The third-order valence-corrected chi connectivity index (χ3v) is 4.10. The van der Waals surface area contributed by atoms with Crippen LogP contribution >= 0.6 is 0 Å². The van der Waals surface area contributed by atoms with E-state index in [1.165, 1.54) is 7.11 Å². The predicted molar refractivity (Wildman–Crippen MR) is 116 cm³/mol. The Morgan fingerprint density at radius 1 is 1.18 bits per heavy atom. The summed E-state index contributed by atoms with van der Waals surface area (Å²) in [5, 5.41) is 2.99.